The van der Waals surface area contributed by atoms with Gasteiger partial charge in [0.2, 0.25) is 0 Å². The van der Waals surface area contributed by atoms with Crippen LogP contribution in [-0.4, -0.2) is 23.6 Å². The molecular weight excluding hydrogens is 326 g/mol. The predicted octanol–water partition coefficient (Wildman–Crippen LogP) is 4.21. The highest BCUT2D eigenvalue weighted by Gasteiger charge is 2.30. The fourth-order valence-electron chi connectivity index (χ4n) is 3.17. The molecule has 0 aliphatic carbocycles. The number of halogens is 1. The van der Waals surface area contributed by atoms with Gasteiger partial charge in [-0.05, 0) is 47.2 Å². The van der Waals surface area contributed by atoms with Crippen molar-refractivity contribution in [3.63, 3.8) is 0 Å². The van der Waals surface area contributed by atoms with Crippen LogP contribution in [0.25, 0.3) is 0 Å². The summed E-state index contributed by atoms with van der Waals surface area (Å²) >= 11 is 3.56. The van der Waals surface area contributed by atoms with Gasteiger partial charge in [0, 0.05) is 41.4 Å². The molecule has 1 N–H and O–H groups in total. The number of piperidine rings is 1. The molecule has 0 amide bonds. The van der Waals surface area contributed by atoms with Crippen LogP contribution in [0.3, 0.4) is 0 Å². The van der Waals surface area contributed by atoms with Gasteiger partial charge in [-0.3, -0.25) is 0 Å². The van der Waals surface area contributed by atoms with Crippen LogP contribution >= 0.6 is 15.9 Å². The van der Waals surface area contributed by atoms with Crippen molar-refractivity contribution in [3.8, 4) is 0 Å². The van der Waals surface area contributed by atoms with Crippen molar-refractivity contribution >= 4 is 21.7 Å². The van der Waals surface area contributed by atoms with Gasteiger partial charge in [0.25, 0.3) is 0 Å². The van der Waals surface area contributed by atoms with E-state index in [9.17, 15) is 0 Å². The van der Waals surface area contributed by atoms with E-state index in [-0.39, 0.29) is 0 Å². The lowest BCUT2D eigenvalue weighted by Gasteiger charge is -2.42. The van der Waals surface area contributed by atoms with Gasteiger partial charge >= 0.3 is 0 Å². The van der Waals surface area contributed by atoms with Gasteiger partial charge in [0.1, 0.15) is 5.82 Å². The number of hydrogen-bond acceptors (Lipinski definition) is 3. The molecule has 2 heterocycles. The van der Waals surface area contributed by atoms with E-state index in [2.05, 4.69) is 66.8 Å². The van der Waals surface area contributed by atoms with Crippen LogP contribution in [0, 0.1) is 11.8 Å². The zero-order chi connectivity index (χ0) is 15.6. The van der Waals surface area contributed by atoms with E-state index in [1.54, 1.807) is 0 Å². The highest BCUT2D eigenvalue weighted by Crippen LogP contribution is 2.32. The van der Waals surface area contributed by atoms with Crippen LogP contribution < -0.4 is 10.2 Å². The molecule has 0 spiro atoms. The van der Waals surface area contributed by atoms with E-state index in [0.29, 0.717) is 18.0 Å². The average molecular weight is 354 g/mol. The minimum atomic E-state index is 0.480. The van der Waals surface area contributed by atoms with E-state index >= 15 is 0 Å². The standard InChI is InChI=1S/C17H28BrN3/c1-11(2)19-8-15-7-16(18)9-20-17(15)21-10-12(3)6-13(4)14(21)5/h7,9,11-14,19H,6,8,10H2,1-5H3. The molecule has 118 valence electrons. The van der Waals surface area contributed by atoms with Gasteiger partial charge in [-0.15, -0.1) is 0 Å². The zero-order valence-corrected chi connectivity index (χ0v) is 15.4. The molecule has 1 aliphatic heterocycles. The van der Waals surface area contributed by atoms with Gasteiger partial charge in [-0.2, -0.15) is 0 Å². The van der Waals surface area contributed by atoms with Gasteiger partial charge in [0.15, 0.2) is 0 Å². The van der Waals surface area contributed by atoms with Gasteiger partial charge in [-0.25, -0.2) is 4.98 Å². The highest BCUT2D eigenvalue weighted by atomic mass is 79.9. The van der Waals surface area contributed by atoms with Gasteiger partial charge < -0.3 is 10.2 Å². The van der Waals surface area contributed by atoms with Crippen molar-refractivity contribution in [2.45, 2.75) is 59.7 Å². The smallest absolute Gasteiger partial charge is 0.133 e. The number of nitrogens with zero attached hydrogens (tertiary/aromatic N) is 2. The molecule has 0 bridgehead atoms. The minimum absolute atomic E-state index is 0.480. The van der Waals surface area contributed by atoms with E-state index in [4.69, 9.17) is 4.98 Å². The molecule has 0 radical (unpaired) electrons. The van der Waals surface area contributed by atoms with Crippen molar-refractivity contribution in [1.29, 1.82) is 0 Å². The molecule has 4 heteroatoms. The molecule has 3 nitrogen and oxygen atoms in total. The Kier molecular flexibility index (Phi) is 5.67. The van der Waals surface area contributed by atoms with Crippen molar-refractivity contribution in [2.24, 2.45) is 11.8 Å². The highest BCUT2D eigenvalue weighted by molar-refractivity contribution is 9.10. The molecule has 3 unspecified atom stereocenters. The van der Waals surface area contributed by atoms with Crippen molar-refractivity contribution < 1.29 is 0 Å². The van der Waals surface area contributed by atoms with Crippen LogP contribution in [-0.2, 0) is 6.54 Å². The summed E-state index contributed by atoms with van der Waals surface area (Å²) < 4.78 is 1.05. The first-order valence-electron chi connectivity index (χ1n) is 8.03. The molecule has 3 atom stereocenters. The summed E-state index contributed by atoms with van der Waals surface area (Å²) in [6.45, 7) is 13.4. The molecule has 1 aromatic heterocycles. The summed E-state index contributed by atoms with van der Waals surface area (Å²) in [5, 5.41) is 3.52. The fraction of sp³-hybridized carbons (Fsp3) is 0.706. The van der Waals surface area contributed by atoms with E-state index < -0.39 is 0 Å². The first-order valence-corrected chi connectivity index (χ1v) is 8.82. The quantitative estimate of drug-likeness (QED) is 0.878. The molecule has 1 aromatic rings. The lowest BCUT2D eigenvalue weighted by molar-refractivity contribution is 0.295. The minimum Gasteiger partial charge on any atom is -0.353 e. The Hall–Kier alpha value is -0.610. The Morgan fingerprint density at radius 3 is 2.76 bits per heavy atom. The molecule has 1 saturated heterocycles. The molecule has 2 rings (SSSR count). The van der Waals surface area contributed by atoms with Gasteiger partial charge in [0.05, 0.1) is 0 Å². The topological polar surface area (TPSA) is 28.2 Å². The van der Waals surface area contributed by atoms with Crippen molar-refractivity contribution in [2.75, 3.05) is 11.4 Å². The van der Waals surface area contributed by atoms with Crippen LogP contribution in [0.4, 0.5) is 5.82 Å². The summed E-state index contributed by atoms with van der Waals surface area (Å²) in [7, 11) is 0. The van der Waals surface area contributed by atoms with Crippen LogP contribution in [0.2, 0.25) is 0 Å². The maximum absolute atomic E-state index is 4.74. The summed E-state index contributed by atoms with van der Waals surface area (Å²) in [6, 6.07) is 3.23. The maximum Gasteiger partial charge on any atom is 0.133 e. The predicted molar refractivity (Wildman–Crippen MR) is 93.7 cm³/mol. The molecular formula is C17H28BrN3. The summed E-state index contributed by atoms with van der Waals surface area (Å²) in [4.78, 5) is 7.24. The van der Waals surface area contributed by atoms with Crippen LogP contribution in [0.1, 0.15) is 46.6 Å². The second kappa shape index (κ2) is 7.10. The summed E-state index contributed by atoms with van der Waals surface area (Å²) in [6.07, 6.45) is 3.23. The molecule has 0 saturated carbocycles. The summed E-state index contributed by atoms with van der Waals surface area (Å²) in [5.41, 5.74) is 1.28. The third-order valence-electron chi connectivity index (χ3n) is 4.48. The Balaban J connectivity index is 2.28. The number of rotatable bonds is 4. The van der Waals surface area contributed by atoms with E-state index in [1.165, 1.54) is 12.0 Å². The van der Waals surface area contributed by atoms with Gasteiger partial charge in [-0.1, -0.05) is 27.7 Å². The Morgan fingerprint density at radius 1 is 1.38 bits per heavy atom. The number of hydrogen-bond donors (Lipinski definition) is 1. The van der Waals surface area contributed by atoms with Crippen molar-refractivity contribution in [3.05, 3.63) is 22.3 Å². The molecule has 0 aromatic carbocycles. The van der Waals surface area contributed by atoms with Crippen LogP contribution in [0.15, 0.2) is 16.7 Å². The largest absolute Gasteiger partial charge is 0.353 e. The Labute approximate surface area is 137 Å². The SMILES string of the molecule is CC1CC(C)C(C)N(c2ncc(Br)cc2CNC(C)C)C1. The average Bonchev–Trinajstić information content (AvgIpc) is 2.41. The third-order valence-corrected chi connectivity index (χ3v) is 4.91. The number of pyridine rings is 1. The Morgan fingerprint density at radius 2 is 2.10 bits per heavy atom. The second-order valence-corrected chi connectivity index (χ2v) is 7.80. The number of anilines is 1. The third kappa shape index (κ3) is 4.19. The van der Waals surface area contributed by atoms with E-state index in [1.807, 2.05) is 6.20 Å². The number of aromatic nitrogens is 1. The lowest BCUT2D eigenvalue weighted by Crippen LogP contribution is -2.46. The maximum atomic E-state index is 4.74. The molecule has 1 aliphatic rings. The fourth-order valence-corrected chi connectivity index (χ4v) is 3.55. The monoisotopic (exact) mass is 353 g/mol. The lowest BCUT2D eigenvalue weighted by atomic mass is 9.86. The van der Waals surface area contributed by atoms with Crippen LogP contribution in [0.5, 0.6) is 0 Å². The molecule has 1 fully saturated rings. The van der Waals surface area contributed by atoms with E-state index in [0.717, 1.165) is 29.3 Å². The first kappa shape index (κ1) is 16.8. The molecule has 21 heavy (non-hydrogen) atoms. The van der Waals surface area contributed by atoms with Crippen molar-refractivity contribution in [1.82, 2.24) is 10.3 Å². The zero-order valence-electron chi connectivity index (χ0n) is 13.9. The first-order chi connectivity index (χ1) is 9.88. The second-order valence-electron chi connectivity index (χ2n) is 6.88. The number of nitrogens with one attached hydrogen (secondary N) is 1. The summed E-state index contributed by atoms with van der Waals surface area (Å²) in [5.74, 6) is 2.59. The Bertz CT molecular complexity index is 475. The normalized spacial score (nSPS) is 26.4.